The molecule has 6 heteroatoms. The topological polar surface area (TPSA) is 81.7 Å². The fourth-order valence-electron chi connectivity index (χ4n) is 2.13. The number of hydrogen-bond acceptors (Lipinski definition) is 4. The van der Waals surface area contributed by atoms with Gasteiger partial charge < -0.3 is 10.4 Å². The predicted molar refractivity (Wildman–Crippen MR) is 78.5 cm³/mol. The van der Waals surface area contributed by atoms with E-state index in [9.17, 15) is 9.59 Å². The first-order chi connectivity index (χ1) is 10.2. The molecule has 3 N–H and O–H groups in total. The van der Waals surface area contributed by atoms with Crippen LogP contribution in [0, 0.1) is 0 Å². The Labute approximate surface area is 124 Å². The van der Waals surface area contributed by atoms with E-state index < -0.39 is 6.03 Å². The van der Waals surface area contributed by atoms with Crippen molar-refractivity contribution in [1.29, 1.82) is 0 Å². The van der Waals surface area contributed by atoms with Crippen LogP contribution in [0.3, 0.4) is 0 Å². The zero-order valence-corrected chi connectivity index (χ0v) is 11.9. The third kappa shape index (κ3) is 5.53. The van der Waals surface area contributed by atoms with E-state index in [1.807, 2.05) is 35.2 Å². The highest BCUT2D eigenvalue weighted by Gasteiger charge is 2.29. The summed E-state index contributed by atoms with van der Waals surface area (Å²) >= 11 is 0. The molecule has 1 aliphatic carbocycles. The maximum atomic E-state index is 11.8. The zero-order chi connectivity index (χ0) is 15.1. The van der Waals surface area contributed by atoms with Crippen LogP contribution in [-0.4, -0.2) is 47.7 Å². The average Bonchev–Trinajstić information content (AvgIpc) is 3.30. The van der Waals surface area contributed by atoms with Crippen molar-refractivity contribution in [2.75, 3.05) is 19.7 Å². The molecular formula is C15H21N3O3. The van der Waals surface area contributed by atoms with Crippen molar-refractivity contribution in [2.24, 2.45) is 0 Å². The first-order valence-corrected chi connectivity index (χ1v) is 7.15. The first-order valence-electron chi connectivity index (χ1n) is 7.15. The molecule has 1 aromatic carbocycles. The summed E-state index contributed by atoms with van der Waals surface area (Å²) in [5.74, 6) is -0.346. The maximum absolute atomic E-state index is 11.8. The number of carbonyl (C=O) groups excluding carboxylic acids is 2. The smallest absolute Gasteiger partial charge is 0.321 e. The number of nitrogens with zero attached hydrogens (tertiary/aromatic N) is 1. The Balaban J connectivity index is 1.70. The van der Waals surface area contributed by atoms with Gasteiger partial charge in [-0.3, -0.25) is 15.0 Å². The van der Waals surface area contributed by atoms with Crippen LogP contribution in [-0.2, 0) is 11.3 Å². The van der Waals surface area contributed by atoms with Crippen molar-refractivity contribution >= 4 is 11.9 Å². The molecule has 0 heterocycles. The Bertz CT molecular complexity index is 474. The molecule has 21 heavy (non-hydrogen) atoms. The van der Waals surface area contributed by atoms with Crippen molar-refractivity contribution in [3.05, 3.63) is 35.9 Å². The maximum Gasteiger partial charge on any atom is 0.321 e. The van der Waals surface area contributed by atoms with E-state index in [1.165, 1.54) is 0 Å². The Morgan fingerprint density at radius 1 is 1.24 bits per heavy atom. The largest absolute Gasteiger partial charge is 0.395 e. The summed E-state index contributed by atoms with van der Waals surface area (Å²) in [5.41, 5.74) is 0.972. The van der Waals surface area contributed by atoms with Crippen molar-refractivity contribution in [3.8, 4) is 0 Å². The van der Waals surface area contributed by atoms with Gasteiger partial charge in [-0.15, -0.1) is 0 Å². The van der Waals surface area contributed by atoms with Gasteiger partial charge in [0.1, 0.15) is 0 Å². The van der Waals surface area contributed by atoms with Crippen molar-refractivity contribution in [1.82, 2.24) is 15.5 Å². The first kappa shape index (κ1) is 15.5. The number of rotatable bonds is 7. The molecule has 1 aliphatic rings. The average molecular weight is 291 g/mol. The van der Waals surface area contributed by atoms with Crippen LogP contribution in [0.5, 0.6) is 0 Å². The zero-order valence-electron chi connectivity index (χ0n) is 11.9. The molecule has 0 aromatic heterocycles. The minimum atomic E-state index is -0.497. The number of hydrogen-bond donors (Lipinski definition) is 3. The van der Waals surface area contributed by atoms with Gasteiger partial charge in [-0.05, 0) is 18.4 Å². The summed E-state index contributed by atoms with van der Waals surface area (Å²) in [7, 11) is 0. The van der Waals surface area contributed by atoms with E-state index in [4.69, 9.17) is 5.11 Å². The standard InChI is InChI=1S/C15H21N3O3/c19-9-8-18(13-6-7-13)11-14(20)17-15(21)16-10-12-4-2-1-3-5-12/h1-5,13,19H,6-11H2,(H2,16,17,20,21). The van der Waals surface area contributed by atoms with E-state index in [0.717, 1.165) is 18.4 Å². The number of benzene rings is 1. The molecule has 3 amide bonds. The van der Waals surface area contributed by atoms with Gasteiger partial charge in [-0.25, -0.2) is 4.79 Å². The molecule has 0 atom stereocenters. The molecule has 114 valence electrons. The normalized spacial score (nSPS) is 14.0. The van der Waals surface area contributed by atoms with Crippen LogP contribution in [0.4, 0.5) is 4.79 Å². The van der Waals surface area contributed by atoms with Gasteiger partial charge in [0.15, 0.2) is 0 Å². The molecule has 0 spiro atoms. The molecular weight excluding hydrogens is 270 g/mol. The van der Waals surface area contributed by atoms with Crippen LogP contribution in [0.15, 0.2) is 30.3 Å². The number of urea groups is 1. The predicted octanol–water partition coefficient (Wildman–Crippen LogP) is 0.469. The van der Waals surface area contributed by atoms with Crippen molar-refractivity contribution in [2.45, 2.75) is 25.4 Å². The summed E-state index contributed by atoms with van der Waals surface area (Å²) < 4.78 is 0. The quantitative estimate of drug-likeness (QED) is 0.682. The second-order valence-electron chi connectivity index (χ2n) is 5.14. The highest BCUT2D eigenvalue weighted by molar-refractivity contribution is 5.95. The fraction of sp³-hybridized carbons (Fsp3) is 0.467. The number of nitrogens with one attached hydrogen (secondary N) is 2. The van der Waals surface area contributed by atoms with E-state index >= 15 is 0 Å². The van der Waals surface area contributed by atoms with E-state index in [-0.39, 0.29) is 19.1 Å². The minimum absolute atomic E-state index is 0.0178. The van der Waals surface area contributed by atoms with Crippen LogP contribution >= 0.6 is 0 Å². The van der Waals surface area contributed by atoms with Crippen LogP contribution < -0.4 is 10.6 Å². The summed E-state index contributed by atoms with van der Waals surface area (Å²) in [6.45, 7) is 1.00. The minimum Gasteiger partial charge on any atom is -0.395 e. The van der Waals surface area contributed by atoms with Crippen molar-refractivity contribution in [3.63, 3.8) is 0 Å². The van der Waals surface area contributed by atoms with Crippen molar-refractivity contribution < 1.29 is 14.7 Å². The van der Waals surface area contributed by atoms with Crippen LogP contribution in [0.25, 0.3) is 0 Å². The second kappa shape index (κ2) is 7.75. The van der Waals surface area contributed by atoms with E-state index in [0.29, 0.717) is 19.1 Å². The fourth-order valence-corrected chi connectivity index (χ4v) is 2.13. The van der Waals surface area contributed by atoms with Gasteiger partial charge >= 0.3 is 6.03 Å². The SMILES string of the molecule is O=C(CN(CCO)C1CC1)NC(=O)NCc1ccccc1. The summed E-state index contributed by atoms with van der Waals surface area (Å²) in [5, 5.41) is 13.9. The number of imide groups is 1. The van der Waals surface area contributed by atoms with E-state index in [2.05, 4.69) is 10.6 Å². The van der Waals surface area contributed by atoms with Gasteiger partial charge in [-0.1, -0.05) is 30.3 Å². The van der Waals surface area contributed by atoms with Gasteiger partial charge in [0.05, 0.1) is 13.2 Å². The van der Waals surface area contributed by atoms with Gasteiger partial charge in [0, 0.05) is 19.1 Å². The molecule has 1 aromatic rings. The number of carbonyl (C=O) groups is 2. The lowest BCUT2D eigenvalue weighted by molar-refractivity contribution is -0.121. The lowest BCUT2D eigenvalue weighted by Gasteiger charge is -2.19. The lowest BCUT2D eigenvalue weighted by Crippen LogP contribution is -2.45. The molecule has 6 nitrogen and oxygen atoms in total. The number of aliphatic hydroxyl groups is 1. The highest BCUT2D eigenvalue weighted by atomic mass is 16.3. The molecule has 0 bridgehead atoms. The molecule has 2 rings (SSSR count). The molecule has 0 radical (unpaired) electrons. The monoisotopic (exact) mass is 291 g/mol. The van der Waals surface area contributed by atoms with Crippen LogP contribution in [0.1, 0.15) is 18.4 Å². The Morgan fingerprint density at radius 3 is 2.57 bits per heavy atom. The van der Waals surface area contributed by atoms with Gasteiger partial charge in [0.2, 0.25) is 5.91 Å². The summed E-state index contributed by atoms with van der Waals surface area (Å²) in [6, 6.07) is 9.36. The van der Waals surface area contributed by atoms with Crippen LogP contribution in [0.2, 0.25) is 0 Å². The second-order valence-corrected chi connectivity index (χ2v) is 5.14. The highest BCUT2D eigenvalue weighted by Crippen LogP contribution is 2.25. The Hall–Kier alpha value is -1.92. The molecule has 0 aliphatic heterocycles. The number of amides is 3. The third-order valence-corrected chi connectivity index (χ3v) is 3.35. The lowest BCUT2D eigenvalue weighted by atomic mass is 10.2. The third-order valence-electron chi connectivity index (χ3n) is 3.35. The molecule has 1 fully saturated rings. The summed E-state index contributed by atoms with van der Waals surface area (Å²) in [4.78, 5) is 25.3. The molecule has 0 unspecified atom stereocenters. The van der Waals surface area contributed by atoms with Gasteiger partial charge in [0.25, 0.3) is 0 Å². The summed E-state index contributed by atoms with van der Waals surface area (Å²) in [6.07, 6.45) is 2.10. The number of aliphatic hydroxyl groups excluding tert-OH is 1. The Kier molecular flexibility index (Phi) is 5.71. The van der Waals surface area contributed by atoms with Gasteiger partial charge in [-0.2, -0.15) is 0 Å². The van der Waals surface area contributed by atoms with E-state index in [1.54, 1.807) is 0 Å². The molecule has 0 saturated heterocycles. The Morgan fingerprint density at radius 2 is 1.95 bits per heavy atom. The molecule has 1 saturated carbocycles.